The van der Waals surface area contributed by atoms with Crippen molar-refractivity contribution in [1.29, 1.82) is 0 Å². The zero-order valence-electron chi connectivity index (χ0n) is 17.8. The normalized spacial score (nSPS) is 21.8. The summed E-state index contributed by atoms with van der Waals surface area (Å²) in [6, 6.07) is 0.952. The maximum Gasteiger partial charge on any atom is 0.387 e. The van der Waals surface area contributed by atoms with Crippen LogP contribution in [0.1, 0.15) is 42.1 Å². The number of carboxylic acid groups (broad SMARTS) is 1. The van der Waals surface area contributed by atoms with E-state index < -0.39 is 35.1 Å². The van der Waals surface area contributed by atoms with Crippen LogP contribution in [0.5, 0.6) is 5.75 Å². The summed E-state index contributed by atoms with van der Waals surface area (Å²) in [6.45, 7) is -2.29. The molecule has 1 N–H and O–H groups in total. The van der Waals surface area contributed by atoms with Crippen molar-refractivity contribution < 1.29 is 27.8 Å². The van der Waals surface area contributed by atoms with Gasteiger partial charge in [-0.15, -0.1) is 0 Å². The number of carbonyl (C=O) groups is 1. The molecule has 2 aromatic rings. The van der Waals surface area contributed by atoms with Gasteiger partial charge >= 0.3 is 12.6 Å². The molecule has 1 aliphatic heterocycles. The summed E-state index contributed by atoms with van der Waals surface area (Å²) in [5.74, 6) is -2.72. The second-order valence-corrected chi connectivity index (χ2v) is 9.35. The lowest BCUT2D eigenvalue weighted by Crippen LogP contribution is -2.36. The van der Waals surface area contributed by atoms with Gasteiger partial charge in [0.2, 0.25) is 5.43 Å². The van der Waals surface area contributed by atoms with Crippen LogP contribution >= 0.6 is 0 Å². The standard InChI is InChI=1S/C22H24F3N3O4/c1-26(2)15-9-27(10-22(15)5-6-22)17-14(23)7-12-16(19(17)32-21(24)25)28(11-3-4-11)8-13(18(12)29)20(30)31/h7-8,11,15,21H,3-6,9-10H2,1-2H3,(H,30,31)/t15-/m1/s1. The molecule has 10 heteroatoms. The monoisotopic (exact) mass is 451 g/mol. The lowest BCUT2D eigenvalue weighted by atomic mass is 10.0. The minimum Gasteiger partial charge on any atom is -0.477 e. The van der Waals surface area contributed by atoms with E-state index in [1.54, 1.807) is 4.90 Å². The molecule has 0 unspecified atom stereocenters. The first-order valence-electron chi connectivity index (χ1n) is 10.6. The molecule has 3 aliphatic rings. The highest BCUT2D eigenvalue weighted by Crippen LogP contribution is 2.56. The van der Waals surface area contributed by atoms with Crippen molar-refractivity contribution in [3.63, 3.8) is 0 Å². The van der Waals surface area contributed by atoms with Crippen LogP contribution in [-0.2, 0) is 0 Å². The summed E-state index contributed by atoms with van der Waals surface area (Å²) in [5, 5.41) is 9.17. The van der Waals surface area contributed by atoms with E-state index in [0.717, 1.165) is 18.9 Å². The number of fused-ring (bicyclic) bond motifs is 1. The number of aromatic carboxylic acids is 1. The molecule has 2 aliphatic carbocycles. The summed E-state index contributed by atoms with van der Waals surface area (Å²) < 4.78 is 48.9. The summed E-state index contributed by atoms with van der Waals surface area (Å²) in [6.07, 6.45) is 4.52. The highest BCUT2D eigenvalue weighted by atomic mass is 19.3. The Morgan fingerprint density at radius 3 is 2.50 bits per heavy atom. The highest BCUT2D eigenvalue weighted by molar-refractivity contribution is 5.97. The van der Waals surface area contributed by atoms with Crippen LogP contribution in [0.25, 0.3) is 10.9 Å². The van der Waals surface area contributed by atoms with Crippen molar-refractivity contribution in [3.8, 4) is 5.75 Å². The van der Waals surface area contributed by atoms with Gasteiger partial charge in [0.1, 0.15) is 11.3 Å². The third-order valence-electron chi connectivity index (χ3n) is 7.01. The summed E-state index contributed by atoms with van der Waals surface area (Å²) in [5.41, 5.74) is -1.52. The van der Waals surface area contributed by atoms with Gasteiger partial charge in [-0.1, -0.05) is 0 Å². The van der Waals surface area contributed by atoms with Gasteiger partial charge in [0.15, 0.2) is 11.6 Å². The molecule has 0 bridgehead atoms. The van der Waals surface area contributed by atoms with E-state index >= 15 is 4.39 Å². The van der Waals surface area contributed by atoms with Gasteiger partial charge in [-0.25, -0.2) is 9.18 Å². The van der Waals surface area contributed by atoms with E-state index in [2.05, 4.69) is 4.90 Å². The lowest BCUT2D eigenvalue weighted by Gasteiger charge is -2.26. The molecule has 1 aromatic carbocycles. The van der Waals surface area contributed by atoms with Crippen LogP contribution in [0.3, 0.4) is 0 Å². The Labute approximate surface area is 182 Å². The average Bonchev–Trinajstić information content (AvgIpc) is 3.60. The Bertz CT molecular complexity index is 1170. The first-order valence-corrected chi connectivity index (χ1v) is 10.6. The lowest BCUT2D eigenvalue weighted by molar-refractivity contribution is -0.0488. The van der Waals surface area contributed by atoms with Gasteiger partial charge < -0.3 is 24.2 Å². The molecule has 1 atom stereocenters. The maximum absolute atomic E-state index is 15.5. The Balaban J connectivity index is 1.76. The molecule has 1 aromatic heterocycles. The number of aromatic nitrogens is 1. The van der Waals surface area contributed by atoms with E-state index in [0.29, 0.717) is 25.9 Å². The van der Waals surface area contributed by atoms with E-state index in [1.807, 2.05) is 14.1 Å². The van der Waals surface area contributed by atoms with Crippen molar-refractivity contribution in [2.24, 2.45) is 5.41 Å². The molecule has 0 radical (unpaired) electrons. The van der Waals surface area contributed by atoms with Crippen LogP contribution < -0.4 is 15.1 Å². The topological polar surface area (TPSA) is 75.0 Å². The van der Waals surface area contributed by atoms with E-state index in [-0.39, 0.29) is 34.1 Å². The van der Waals surface area contributed by atoms with Crippen LogP contribution in [0.15, 0.2) is 17.1 Å². The molecule has 3 fully saturated rings. The predicted molar refractivity (Wildman–Crippen MR) is 111 cm³/mol. The minimum atomic E-state index is -3.23. The fourth-order valence-electron chi connectivity index (χ4n) is 5.22. The number of hydrogen-bond acceptors (Lipinski definition) is 5. The SMILES string of the molecule is CN(C)[C@@H]1CN(c2c(F)cc3c(=O)c(C(=O)O)cn(C4CC4)c3c2OC(F)F)CC12CC2. The van der Waals surface area contributed by atoms with Crippen molar-refractivity contribution in [3.05, 3.63) is 33.9 Å². The Kier molecular flexibility index (Phi) is 4.70. The van der Waals surface area contributed by atoms with E-state index in [4.69, 9.17) is 4.74 Å². The number of pyridine rings is 1. The number of carboxylic acids is 1. The number of anilines is 1. The number of benzene rings is 1. The van der Waals surface area contributed by atoms with Gasteiger partial charge in [-0.3, -0.25) is 4.79 Å². The van der Waals surface area contributed by atoms with Crippen LogP contribution in [-0.4, -0.2) is 60.4 Å². The molecule has 7 nitrogen and oxygen atoms in total. The number of halogens is 3. The van der Waals surface area contributed by atoms with E-state index in [1.165, 1.54) is 10.8 Å². The highest BCUT2D eigenvalue weighted by Gasteiger charge is 2.56. The molecule has 5 rings (SSSR count). The van der Waals surface area contributed by atoms with Crippen LogP contribution in [0.2, 0.25) is 0 Å². The molecule has 0 amide bonds. The van der Waals surface area contributed by atoms with Crippen LogP contribution in [0.4, 0.5) is 18.9 Å². The zero-order chi connectivity index (χ0) is 22.9. The number of nitrogens with zero attached hydrogens (tertiary/aromatic N) is 3. The number of rotatable bonds is 6. The smallest absolute Gasteiger partial charge is 0.387 e. The second-order valence-electron chi connectivity index (χ2n) is 9.35. The number of alkyl halides is 2. The zero-order valence-corrected chi connectivity index (χ0v) is 17.8. The summed E-state index contributed by atoms with van der Waals surface area (Å²) in [7, 11) is 3.89. The number of likely N-dealkylation sites (N-methyl/N-ethyl adjacent to an activating group) is 1. The molecule has 2 saturated carbocycles. The largest absolute Gasteiger partial charge is 0.477 e. The average molecular weight is 451 g/mol. The maximum atomic E-state index is 15.5. The molecular weight excluding hydrogens is 427 g/mol. The molecular formula is C22H24F3N3O4. The van der Waals surface area contributed by atoms with Gasteiger partial charge in [-0.05, 0) is 45.8 Å². The minimum absolute atomic E-state index is 0.0175. The van der Waals surface area contributed by atoms with Crippen molar-refractivity contribution in [2.45, 2.75) is 44.4 Å². The van der Waals surface area contributed by atoms with Crippen molar-refractivity contribution in [1.82, 2.24) is 9.47 Å². The van der Waals surface area contributed by atoms with E-state index in [9.17, 15) is 23.5 Å². The van der Waals surface area contributed by atoms with Crippen LogP contribution in [0, 0.1) is 11.2 Å². The predicted octanol–water partition coefficient (Wildman–Crippen LogP) is 3.31. The number of hydrogen-bond donors (Lipinski definition) is 1. The van der Waals surface area contributed by atoms with Crippen molar-refractivity contribution >= 4 is 22.6 Å². The second kappa shape index (κ2) is 7.13. The van der Waals surface area contributed by atoms with Gasteiger partial charge in [0.25, 0.3) is 0 Å². The van der Waals surface area contributed by atoms with Gasteiger partial charge in [-0.2, -0.15) is 8.78 Å². The van der Waals surface area contributed by atoms with Crippen molar-refractivity contribution in [2.75, 3.05) is 32.1 Å². The third kappa shape index (κ3) is 3.23. The first-order chi connectivity index (χ1) is 15.1. The Morgan fingerprint density at radius 1 is 1.31 bits per heavy atom. The summed E-state index contributed by atoms with van der Waals surface area (Å²) in [4.78, 5) is 28.2. The number of ether oxygens (including phenoxy) is 1. The summed E-state index contributed by atoms with van der Waals surface area (Å²) >= 11 is 0. The third-order valence-corrected chi connectivity index (χ3v) is 7.01. The van der Waals surface area contributed by atoms with Gasteiger partial charge in [0.05, 0.1) is 10.9 Å². The molecule has 2 heterocycles. The Morgan fingerprint density at radius 2 is 2.00 bits per heavy atom. The molecule has 32 heavy (non-hydrogen) atoms. The fraction of sp³-hybridized carbons (Fsp3) is 0.545. The Hall–Kier alpha value is -2.75. The molecule has 172 valence electrons. The molecule has 1 saturated heterocycles. The molecule has 1 spiro atoms. The fourth-order valence-corrected chi connectivity index (χ4v) is 5.22. The quantitative estimate of drug-likeness (QED) is 0.727. The first kappa shape index (κ1) is 21.1. The van der Waals surface area contributed by atoms with Gasteiger partial charge in [0, 0.05) is 36.8 Å².